The van der Waals surface area contributed by atoms with E-state index in [2.05, 4.69) is 28.4 Å². The Bertz CT molecular complexity index is 1040. The molecule has 0 fully saturated rings. The average Bonchev–Trinajstić information content (AvgIpc) is 2.78. The van der Waals surface area contributed by atoms with E-state index in [0.29, 0.717) is 18.5 Å². The van der Waals surface area contributed by atoms with Crippen LogP contribution in [0, 0.1) is 11.3 Å². The number of nitrogens with zero attached hydrogens (tertiary/aromatic N) is 2. The lowest BCUT2D eigenvalue weighted by Gasteiger charge is -2.36. The molecule has 0 saturated carbocycles. The summed E-state index contributed by atoms with van der Waals surface area (Å²) >= 11 is 0. The molecule has 0 saturated heterocycles. The van der Waals surface area contributed by atoms with Crippen molar-refractivity contribution in [1.29, 1.82) is 5.26 Å². The van der Waals surface area contributed by atoms with Gasteiger partial charge in [-0.05, 0) is 41.3 Å². The third-order valence-corrected chi connectivity index (χ3v) is 5.21. The highest BCUT2D eigenvalue weighted by Crippen LogP contribution is 2.29. The van der Waals surface area contributed by atoms with Crippen LogP contribution in [0.3, 0.4) is 0 Å². The highest BCUT2D eigenvalue weighted by atomic mass is 16.5. The number of hydrogen-bond acceptors (Lipinski definition) is 4. The summed E-state index contributed by atoms with van der Waals surface area (Å²) in [4.78, 5) is 14.6. The maximum atomic E-state index is 12.4. The van der Waals surface area contributed by atoms with Gasteiger partial charge in [-0.2, -0.15) is 5.26 Å². The summed E-state index contributed by atoms with van der Waals surface area (Å²) in [6, 6.07) is 27.7. The van der Waals surface area contributed by atoms with Crippen LogP contribution in [-0.4, -0.2) is 18.7 Å². The maximum absolute atomic E-state index is 12.4. The largest absolute Gasteiger partial charge is 0.445 e. The number of rotatable bonds is 5. The van der Waals surface area contributed by atoms with Gasteiger partial charge in [0.2, 0.25) is 0 Å². The summed E-state index contributed by atoms with van der Waals surface area (Å²) in [5.41, 5.74) is 4.94. The van der Waals surface area contributed by atoms with Crippen molar-refractivity contribution in [2.75, 3.05) is 11.4 Å². The number of nitrogens with one attached hydrogen (secondary N) is 1. The van der Waals surface area contributed by atoms with Gasteiger partial charge < -0.3 is 15.0 Å². The molecule has 3 aromatic carbocycles. The van der Waals surface area contributed by atoms with Crippen LogP contribution in [-0.2, 0) is 24.3 Å². The van der Waals surface area contributed by atoms with Crippen LogP contribution < -0.4 is 10.2 Å². The fourth-order valence-electron chi connectivity index (χ4n) is 3.80. The van der Waals surface area contributed by atoms with E-state index >= 15 is 0 Å². The normalized spacial score (nSPS) is 15.0. The fraction of sp³-hybridized carbons (Fsp3) is 0.200. The zero-order valence-corrected chi connectivity index (χ0v) is 16.6. The van der Waals surface area contributed by atoms with E-state index in [1.165, 1.54) is 5.56 Å². The van der Waals surface area contributed by atoms with Crippen molar-refractivity contribution in [3.63, 3.8) is 0 Å². The Morgan fingerprint density at radius 1 is 1.03 bits per heavy atom. The molecule has 0 aromatic heterocycles. The molecule has 1 atom stereocenters. The van der Waals surface area contributed by atoms with E-state index in [9.17, 15) is 10.1 Å². The van der Waals surface area contributed by atoms with Gasteiger partial charge in [-0.1, -0.05) is 60.7 Å². The first-order chi connectivity index (χ1) is 14.7. The van der Waals surface area contributed by atoms with Gasteiger partial charge in [0.05, 0.1) is 17.7 Å². The number of alkyl carbamates (subject to hydrolysis) is 1. The predicted octanol–water partition coefficient (Wildman–Crippen LogP) is 4.42. The molecule has 5 nitrogen and oxygen atoms in total. The van der Waals surface area contributed by atoms with E-state index < -0.39 is 6.09 Å². The van der Waals surface area contributed by atoms with Crippen molar-refractivity contribution < 1.29 is 9.53 Å². The van der Waals surface area contributed by atoms with E-state index in [4.69, 9.17) is 4.74 Å². The highest BCUT2D eigenvalue weighted by Gasteiger charge is 2.26. The molecule has 1 aliphatic rings. The molecule has 1 N–H and O–H groups in total. The first kappa shape index (κ1) is 19.5. The molecule has 1 aliphatic heterocycles. The van der Waals surface area contributed by atoms with Gasteiger partial charge in [-0.25, -0.2) is 4.79 Å². The van der Waals surface area contributed by atoms with Crippen molar-refractivity contribution in [2.24, 2.45) is 0 Å². The Balaban J connectivity index is 1.47. The number of fused-ring (bicyclic) bond motifs is 1. The summed E-state index contributed by atoms with van der Waals surface area (Å²) in [6.45, 7) is 1.65. The fourth-order valence-corrected chi connectivity index (χ4v) is 3.80. The second-order valence-electron chi connectivity index (χ2n) is 7.43. The summed E-state index contributed by atoms with van der Waals surface area (Å²) in [7, 11) is 0. The second-order valence-corrected chi connectivity index (χ2v) is 7.43. The van der Waals surface area contributed by atoms with Crippen LogP contribution in [0.4, 0.5) is 10.5 Å². The molecule has 1 unspecified atom stereocenters. The van der Waals surface area contributed by atoms with E-state index in [0.717, 1.165) is 23.4 Å². The molecule has 1 heterocycles. The molecule has 0 radical (unpaired) electrons. The third-order valence-electron chi connectivity index (χ3n) is 5.21. The minimum atomic E-state index is -0.427. The zero-order chi connectivity index (χ0) is 20.8. The van der Waals surface area contributed by atoms with Gasteiger partial charge >= 0.3 is 6.09 Å². The maximum Gasteiger partial charge on any atom is 0.407 e. The first-order valence-electron chi connectivity index (χ1n) is 10.0. The summed E-state index contributed by atoms with van der Waals surface area (Å²) in [5, 5.41) is 12.3. The number of benzene rings is 3. The number of amides is 1. The van der Waals surface area contributed by atoms with Crippen molar-refractivity contribution in [2.45, 2.75) is 25.6 Å². The minimum absolute atomic E-state index is 0.0987. The van der Waals surface area contributed by atoms with Crippen LogP contribution in [0.15, 0.2) is 78.9 Å². The molecule has 0 bridgehead atoms. The summed E-state index contributed by atoms with van der Waals surface area (Å²) < 4.78 is 5.40. The van der Waals surface area contributed by atoms with Crippen molar-refractivity contribution in [3.8, 4) is 6.07 Å². The highest BCUT2D eigenvalue weighted by molar-refractivity contribution is 5.68. The Morgan fingerprint density at radius 2 is 1.73 bits per heavy atom. The van der Waals surface area contributed by atoms with Crippen molar-refractivity contribution in [3.05, 3.63) is 101 Å². The predicted molar refractivity (Wildman–Crippen MR) is 116 cm³/mol. The molecule has 3 aromatic rings. The van der Waals surface area contributed by atoms with Gasteiger partial charge in [0.1, 0.15) is 6.61 Å². The van der Waals surface area contributed by atoms with Gasteiger partial charge in [-0.3, -0.25) is 0 Å². The topological polar surface area (TPSA) is 65.4 Å². The van der Waals surface area contributed by atoms with E-state index in [1.807, 2.05) is 66.7 Å². The Hall–Kier alpha value is -3.78. The quantitative estimate of drug-likeness (QED) is 0.692. The van der Waals surface area contributed by atoms with Gasteiger partial charge in [-0.15, -0.1) is 0 Å². The molecule has 0 spiro atoms. The number of hydrogen-bond donors (Lipinski definition) is 1. The van der Waals surface area contributed by atoms with Gasteiger partial charge in [0, 0.05) is 18.8 Å². The lowest BCUT2D eigenvalue weighted by molar-refractivity contribution is 0.135. The molecule has 4 rings (SSSR count). The Labute approximate surface area is 176 Å². The minimum Gasteiger partial charge on any atom is -0.445 e. The van der Waals surface area contributed by atoms with Crippen LogP contribution in [0.2, 0.25) is 0 Å². The van der Waals surface area contributed by atoms with Crippen LogP contribution in [0.25, 0.3) is 0 Å². The number of ether oxygens (including phenoxy) is 1. The molecule has 150 valence electrons. The van der Waals surface area contributed by atoms with Crippen molar-refractivity contribution >= 4 is 11.8 Å². The van der Waals surface area contributed by atoms with E-state index in [1.54, 1.807) is 0 Å². The third kappa shape index (κ3) is 4.79. The van der Waals surface area contributed by atoms with Gasteiger partial charge in [0.25, 0.3) is 0 Å². The Morgan fingerprint density at radius 3 is 2.43 bits per heavy atom. The smallest absolute Gasteiger partial charge is 0.407 e. The van der Waals surface area contributed by atoms with Crippen LogP contribution >= 0.6 is 0 Å². The lowest BCUT2D eigenvalue weighted by Crippen LogP contribution is -2.48. The summed E-state index contributed by atoms with van der Waals surface area (Å²) in [6.07, 6.45) is 0.236. The van der Waals surface area contributed by atoms with E-state index in [-0.39, 0.29) is 12.6 Å². The van der Waals surface area contributed by atoms with Crippen LogP contribution in [0.5, 0.6) is 0 Å². The van der Waals surface area contributed by atoms with Crippen molar-refractivity contribution in [1.82, 2.24) is 5.32 Å². The molecule has 1 amide bonds. The monoisotopic (exact) mass is 397 g/mol. The number of carbonyl (C=O) groups is 1. The Kier molecular flexibility index (Phi) is 5.95. The zero-order valence-electron chi connectivity index (χ0n) is 16.6. The second kappa shape index (κ2) is 9.15. The first-order valence-corrected chi connectivity index (χ1v) is 10.0. The average molecular weight is 397 g/mol. The number of anilines is 1. The number of nitriles is 1. The molecule has 0 aliphatic carbocycles. The lowest BCUT2D eigenvalue weighted by atomic mass is 9.95. The van der Waals surface area contributed by atoms with Gasteiger partial charge in [0.15, 0.2) is 0 Å². The summed E-state index contributed by atoms with van der Waals surface area (Å²) in [5.74, 6) is 0. The van der Waals surface area contributed by atoms with Crippen LogP contribution in [0.1, 0.15) is 22.3 Å². The number of carbonyl (C=O) groups excluding carboxylic acids is 1. The molecular formula is C25H23N3O2. The molecule has 5 heteroatoms. The molecular weight excluding hydrogens is 374 g/mol. The SMILES string of the molecule is N#Cc1ccc2c(c1)CC(NC(=O)OCc1ccccc1)CN2Cc1ccccc1. The standard InChI is InChI=1S/C25H23N3O2/c26-15-21-11-12-24-22(13-21)14-23(17-28(24)16-19-7-3-1-4-8-19)27-25(29)30-18-20-9-5-2-6-10-20/h1-13,23H,14,16-18H2,(H,27,29). The molecule has 30 heavy (non-hydrogen) atoms.